The van der Waals surface area contributed by atoms with E-state index in [-0.39, 0.29) is 12.5 Å². The summed E-state index contributed by atoms with van der Waals surface area (Å²) in [6.07, 6.45) is 2.11. The van der Waals surface area contributed by atoms with Crippen molar-refractivity contribution in [3.63, 3.8) is 0 Å². The van der Waals surface area contributed by atoms with Gasteiger partial charge in [0.05, 0.1) is 11.9 Å². The van der Waals surface area contributed by atoms with Gasteiger partial charge in [-0.25, -0.2) is 12.8 Å². The van der Waals surface area contributed by atoms with Crippen molar-refractivity contribution in [1.29, 1.82) is 0 Å². The van der Waals surface area contributed by atoms with E-state index in [1.165, 1.54) is 17.0 Å². The summed E-state index contributed by atoms with van der Waals surface area (Å²) in [4.78, 5) is 27.6. The average molecular weight is 589 g/mol. The summed E-state index contributed by atoms with van der Waals surface area (Å²) in [6, 6.07) is 11.6. The first kappa shape index (κ1) is 27.0. The lowest BCUT2D eigenvalue weighted by atomic mass is 10.1. The Labute approximate surface area is 208 Å². The molecule has 33 heavy (non-hydrogen) atoms. The minimum atomic E-state index is -3.77. The van der Waals surface area contributed by atoms with Crippen LogP contribution in [0.15, 0.2) is 48.5 Å². The molecule has 180 valence electrons. The van der Waals surface area contributed by atoms with Gasteiger partial charge in [-0.2, -0.15) is 0 Å². The van der Waals surface area contributed by atoms with Crippen LogP contribution in [0.4, 0.5) is 10.1 Å². The highest BCUT2D eigenvalue weighted by Gasteiger charge is 2.31. The molecule has 2 rings (SSSR count). The molecule has 0 aliphatic heterocycles. The number of benzene rings is 2. The van der Waals surface area contributed by atoms with Gasteiger partial charge < -0.3 is 10.2 Å². The Balaban J connectivity index is 2.39. The van der Waals surface area contributed by atoms with Crippen molar-refractivity contribution >= 4 is 50.1 Å². The summed E-state index contributed by atoms with van der Waals surface area (Å²) in [5.74, 6) is -1.25. The van der Waals surface area contributed by atoms with Crippen molar-refractivity contribution < 1.29 is 22.4 Å². The van der Waals surface area contributed by atoms with Gasteiger partial charge in [0.15, 0.2) is 0 Å². The van der Waals surface area contributed by atoms with Crippen molar-refractivity contribution in [3.05, 3.63) is 63.5 Å². The smallest absolute Gasteiger partial charge is 0.244 e. The van der Waals surface area contributed by atoms with E-state index >= 15 is 0 Å². The third kappa shape index (κ3) is 7.95. The molecule has 1 atom stereocenters. The van der Waals surface area contributed by atoms with E-state index < -0.39 is 34.3 Å². The molecule has 0 unspecified atom stereocenters. The van der Waals surface area contributed by atoms with Gasteiger partial charge in [-0.3, -0.25) is 13.9 Å². The van der Waals surface area contributed by atoms with E-state index in [1.807, 2.05) is 6.92 Å². The lowest BCUT2D eigenvalue weighted by Crippen LogP contribution is -2.52. The molecule has 0 saturated carbocycles. The molecular weight excluding hydrogens is 560 g/mol. The van der Waals surface area contributed by atoms with E-state index in [4.69, 9.17) is 0 Å². The Hall–Kier alpha value is -2.21. The van der Waals surface area contributed by atoms with Crippen molar-refractivity contribution in [2.24, 2.45) is 0 Å². The van der Waals surface area contributed by atoms with Crippen LogP contribution in [0.25, 0.3) is 0 Å². The highest BCUT2D eigenvalue weighted by molar-refractivity contribution is 14.1. The number of hydrogen-bond acceptors (Lipinski definition) is 4. The molecule has 1 N–H and O–H groups in total. The maximum absolute atomic E-state index is 13.5. The van der Waals surface area contributed by atoms with Crippen molar-refractivity contribution in [1.82, 2.24) is 10.2 Å². The fourth-order valence-electron chi connectivity index (χ4n) is 3.29. The van der Waals surface area contributed by atoms with Crippen molar-refractivity contribution in [2.75, 3.05) is 23.7 Å². The lowest BCUT2D eigenvalue weighted by molar-refractivity contribution is -0.140. The van der Waals surface area contributed by atoms with Crippen LogP contribution in [0.2, 0.25) is 0 Å². The largest absolute Gasteiger partial charge is 0.354 e. The summed E-state index contributed by atoms with van der Waals surface area (Å²) in [6.45, 7) is 3.76. The number of nitrogens with zero attached hydrogens (tertiary/aromatic N) is 2. The van der Waals surface area contributed by atoms with Gasteiger partial charge in [0.2, 0.25) is 21.8 Å². The summed E-state index contributed by atoms with van der Waals surface area (Å²) in [5.41, 5.74) is 0.989. The fourth-order valence-corrected chi connectivity index (χ4v) is 4.50. The number of carbonyl (C=O) groups is 2. The van der Waals surface area contributed by atoms with Crippen LogP contribution >= 0.6 is 22.6 Å². The molecule has 7 nitrogen and oxygen atoms in total. The monoisotopic (exact) mass is 589 g/mol. The Morgan fingerprint density at radius 2 is 1.67 bits per heavy atom. The second-order valence-electron chi connectivity index (χ2n) is 7.61. The molecule has 10 heteroatoms. The second kappa shape index (κ2) is 12.3. The topological polar surface area (TPSA) is 86.8 Å². The standard InChI is InChI=1S/C23H29FIN3O4S/c1-4-14-26-23(30)21(5-2)27(15-17-6-8-18(24)9-7-17)22(29)16-28(33(3,31)32)20-12-10-19(25)11-13-20/h6-13,21H,4-5,14-16H2,1-3H3,(H,26,30)/t21-/m0/s1. The van der Waals surface area contributed by atoms with E-state index in [0.717, 1.165) is 20.6 Å². The first-order valence-corrected chi connectivity index (χ1v) is 13.5. The van der Waals surface area contributed by atoms with Gasteiger partial charge in [0.1, 0.15) is 18.4 Å². The van der Waals surface area contributed by atoms with Gasteiger partial charge in [-0.05, 0) is 77.4 Å². The minimum absolute atomic E-state index is 0.0431. The fraction of sp³-hybridized carbons (Fsp3) is 0.391. The highest BCUT2D eigenvalue weighted by atomic mass is 127. The molecule has 0 aliphatic rings. The molecule has 0 bridgehead atoms. The number of amides is 2. The molecular formula is C23H29FIN3O4S. The van der Waals surface area contributed by atoms with Crippen LogP contribution in [-0.4, -0.2) is 50.5 Å². The molecule has 0 radical (unpaired) electrons. The summed E-state index contributed by atoms with van der Waals surface area (Å²) >= 11 is 2.11. The number of anilines is 1. The second-order valence-corrected chi connectivity index (χ2v) is 10.8. The number of sulfonamides is 1. The lowest BCUT2D eigenvalue weighted by Gasteiger charge is -2.32. The Morgan fingerprint density at radius 1 is 1.06 bits per heavy atom. The molecule has 0 spiro atoms. The highest BCUT2D eigenvalue weighted by Crippen LogP contribution is 2.21. The Bertz CT molecular complexity index is 1050. The van der Waals surface area contributed by atoms with Gasteiger partial charge >= 0.3 is 0 Å². The molecule has 0 heterocycles. The minimum Gasteiger partial charge on any atom is -0.354 e. The maximum Gasteiger partial charge on any atom is 0.244 e. The quantitative estimate of drug-likeness (QED) is 0.407. The number of hydrogen-bond donors (Lipinski definition) is 1. The van der Waals surface area contributed by atoms with Gasteiger partial charge in [0.25, 0.3) is 0 Å². The Kier molecular flexibility index (Phi) is 10.1. The summed E-state index contributed by atoms with van der Waals surface area (Å²) in [7, 11) is -3.77. The molecule has 2 aromatic carbocycles. The van der Waals surface area contributed by atoms with E-state index in [0.29, 0.717) is 24.2 Å². The predicted molar refractivity (Wildman–Crippen MR) is 136 cm³/mol. The zero-order valence-electron chi connectivity index (χ0n) is 18.9. The van der Waals surface area contributed by atoms with Crippen LogP contribution < -0.4 is 9.62 Å². The third-order valence-electron chi connectivity index (χ3n) is 5.00. The average Bonchev–Trinajstić information content (AvgIpc) is 2.77. The van der Waals surface area contributed by atoms with Gasteiger partial charge in [0, 0.05) is 16.7 Å². The van der Waals surface area contributed by atoms with Crippen molar-refractivity contribution in [3.8, 4) is 0 Å². The van der Waals surface area contributed by atoms with Crippen LogP contribution in [0.3, 0.4) is 0 Å². The summed E-state index contributed by atoms with van der Waals surface area (Å²) < 4.78 is 40.4. The van der Waals surface area contributed by atoms with Crippen LogP contribution in [0.5, 0.6) is 0 Å². The first-order valence-electron chi connectivity index (χ1n) is 10.6. The molecule has 0 aromatic heterocycles. The predicted octanol–water partition coefficient (Wildman–Crippen LogP) is 3.53. The van der Waals surface area contributed by atoms with Gasteiger partial charge in [-0.1, -0.05) is 26.0 Å². The third-order valence-corrected chi connectivity index (χ3v) is 6.85. The van der Waals surface area contributed by atoms with E-state index in [9.17, 15) is 22.4 Å². The van der Waals surface area contributed by atoms with Gasteiger partial charge in [-0.15, -0.1) is 0 Å². The van der Waals surface area contributed by atoms with E-state index in [2.05, 4.69) is 27.9 Å². The van der Waals surface area contributed by atoms with Crippen LogP contribution in [0, 0.1) is 9.39 Å². The zero-order chi connectivity index (χ0) is 24.6. The normalized spacial score (nSPS) is 12.2. The SMILES string of the molecule is CCCNC(=O)[C@H](CC)N(Cc1ccc(F)cc1)C(=O)CN(c1ccc(I)cc1)S(C)(=O)=O. The van der Waals surface area contributed by atoms with Crippen molar-refractivity contribution in [2.45, 2.75) is 39.3 Å². The molecule has 2 aromatic rings. The molecule has 2 amide bonds. The van der Waals surface area contributed by atoms with E-state index in [1.54, 1.807) is 43.3 Å². The zero-order valence-corrected chi connectivity index (χ0v) is 21.9. The van der Waals surface area contributed by atoms with Crippen LogP contribution in [0.1, 0.15) is 32.3 Å². The summed E-state index contributed by atoms with van der Waals surface area (Å²) in [5, 5.41) is 2.81. The number of carbonyl (C=O) groups excluding carboxylic acids is 2. The number of rotatable bonds is 11. The van der Waals surface area contributed by atoms with Crippen LogP contribution in [-0.2, 0) is 26.2 Å². The maximum atomic E-state index is 13.5. The molecule has 0 aliphatic carbocycles. The number of halogens is 2. The molecule has 0 fully saturated rings. The molecule has 0 saturated heterocycles. The first-order chi connectivity index (χ1) is 15.6. The number of nitrogens with one attached hydrogen (secondary N) is 1. The Morgan fingerprint density at radius 3 is 2.18 bits per heavy atom.